The number of ether oxygens (including phenoxy) is 1. The maximum atomic E-state index is 13.4. The molecule has 2 rings (SSSR count). The lowest BCUT2D eigenvalue weighted by Crippen LogP contribution is -2.34. The van der Waals surface area contributed by atoms with E-state index in [1.165, 1.54) is 38.2 Å². The topological polar surface area (TPSA) is 21.3 Å². The van der Waals surface area contributed by atoms with Crippen LogP contribution in [0.25, 0.3) is 0 Å². The first-order valence-corrected chi connectivity index (χ1v) is 7.36. The zero-order chi connectivity index (χ0) is 12.8. The Morgan fingerprint density at radius 3 is 2.83 bits per heavy atom. The number of hydrogen-bond acceptors (Lipinski definition) is 2. The van der Waals surface area contributed by atoms with Crippen molar-refractivity contribution in [1.29, 1.82) is 0 Å². The monoisotopic (exact) mass is 315 g/mol. The molecule has 1 aromatic rings. The Balaban J connectivity index is 1.69. The molecule has 0 radical (unpaired) electrons. The number of halogens is 2. The van der Waals surface area contributed by atoms with Crippen molar-refractivity contribution >= 4 is 15.9 Å². The van der Waals surface area contributed by atoms with E-state index in [0.717, 1.165) is 11.0 Å². The zero-order valence-electron chi connectivity index (χ0n) is 10.4. The molecule has 0 heterocycles. The highest BCUT2D eigenvalue weighted by Crippen LogP contribution is 2.22. The summed E-state index contributed by atoms with van der Waals surface area (Å²) in [6.07, 6.45) is 6.51. The van der Waals surface area contributed by atoms with Crippen molar-refractivity contribution in [3.05, 3.63) is 28.5 Å². The summed E-state index contributed by atoms with van der Waals surface area (Å²) in [5, 5.41) is 3.47. The fraction of sp³-hybridized carbons (Fsp3) is 0.571. The predicted octanol–water partition coefficient (Wildman–Crippen LogP) is 3.89. The van der Waals surface area contributed by atoms with Crippen LogP contribution in [0.5, 0.6) is 5.75 Å². The first-order valence-electron chi connectivity index (χ1n) is 6.57. The van der Waals surface area contributed by atoms with Crippen molar-refractivity contribution in [2.75, 3.05) is 13.2 Å². The minimum absolute atomic E-state index is 0.309. The van der Waals surface area contributed by atoms with Gasteiger partial charge in [-0.1, -0.05) is 35.2 Å². The average Bonchev–Trinajstić information content (AvgIpc) is 2.40. The first kappa shape index (κ1) is 13.8. The molecule has 1 saturated carbocycles. The van der Waals surface area contributed by atoms with Crippen LogP contribution in [0.1, 0.15) is 32.1 Å². The van der Waals surface area contributed by atoms with Gasteiger partial charge in [-0.3, -0.25) is 0 Å². The van der Waals surface area contributed by atoms with E-state index in [-0.39, 0.29) is 5.82 Å². The molecule has 1 N–H and O–H groups in total. The van der Waals surface area contributed by atoms with Gasteiger partial charge in [0.1, 0.15) is 6.61 Å². The van der Waals surface area contributed by atoms with Crippen molar-refractivity contribution < 1.29 is 9.13 Å². The number of nitrogens with one attached hydrogen (secondary N) is 1. The minimum Gasteiger partial charge on any atom is -0.489 e. The van der Waals surface area contributed by atoms with Crippen molar-refractivity contribution in [1.82, 2.24) is 5.32 Å². The summed E-state index contributed by atoms with van der Waals surface area (Å²) in [5.74, 6) is 0.00526. The second kappa shape index (κ2) is 7.10. The third-order valence-corrected chi connectivity index (χ3v) is 3.78. The lowest BCUT2D eigenvalue weighted by molar-refractivity contribution is 0.279. The average molecular weight is 316 g/mol. The highest BCUT2D eigenvalue weighted by Gasteiger charge is 2.12. The van der Waals surface area contributed by atoms with Crippen LogP contribution in [-0.2, 0) is 0 Å². The Kier molecular flexibility index (Phi) is 5.45. The van der Waals surface area contributed by atoms with E-state index < -0.39 is 0 Å². The molecule has 2 nitrogen and oxygen atoms in total. The Labute approximate surface area is 116 Å². The summed E-state index contributed by atoms with van der Waals surface area (Å²) < 4.78 is 19.7. The molecule has 4 heteroatoms. The van der Waals surface area contributed by atoms with Crippen LogP contribution in [0, 0.1) is 5.82 Å². The molecule has 1 aliphatic rings. The predicted molar refractivity (Wildman–Crippen MR) is 74.5 cm³/mol. The summed E-state index contributed by atoms with van der Waals surface area (Å²) >= 11 is 3.31. The van der Waals surface area contributed by atoms with E-state index in [1.54, 1.807) is 12.1 Å². The molecule has 0 aliphatic heterocycles. The summed E-state index contributed by atoms with van der Waals surface area (Å²) in [4.78, 5) is 0. The van der Waals surface area contributed by atoms with Gasteiger partial charge >= 0.3 is 0 Å². The standard InChI is InChI=1S/C14H19BrFNO/c15-11-6-7-13(16)14(10-11)18-9-8-17-12-4-2-1-3-5-12/h6-7,10,12,17H,1-5,8-9H2. The lowest BCUT2D eigenvalue weighted by Gasteiger charge is -2.22. The van der Waals surface area contributed by atoms with Crippen molar-refractivity contribution in [2.45, 2.75) is 38.1 Å². The largest absolute Gasteiger partial charge is 0.489 e. The summed E-state index contributed by atoms with van der Waals surface area (Å²) in [5.41, 5.74) is 0. The number of rotatable bonds is 5. The molecule has 0 bridgehead atoms. The van der Waals surface area contributed by atoms with Crippen LogP contribution in [0.2, 0.25) is 0 Å². The van der Waals surface area contributed by atoms with Crippen LogP contribution >= 0.6 is 15.9 Å². The highest BCUT2D eigenvalue weighted by molar-refractivity contribution is 9.10. The molecular formula is C14H19BrFNO. The Bertz CT molecular complexity index is 380. The van der Waals surface area contributed by atoms with E-state index in [9.17, 15) is 4.39 Å². The maximum absolute atomic E-state index is 13.4. The summed E-state index contributed by atoms with van der Waals surface area (Å²) in [6, 6.07) is 5.36. The summed E-state index contributed by atoms with van der Waals surface area (Å²) in [7, 11) is 0. The molecule has 1 aromatic carbocycles. The third-order valence-electron chi connectivity index (χ3n) is 3.29. The zero-order valence-corrected chi connectivity index (χ0v) is 12.0. The van der Waals surface area contributed by atoms with Crippen molar-refractivity contribution in [3.63, 3.8) is 0 Å². The Morgan fingerprint density at radius 1 is 1.28 bits per heavy atom. The molecular weight excluding hydrogens is 297 g/mol. The highest BCUT2D eigenvalue weighted by atomic mass is 79.9. The van der Waals surface area contributed by atoms with Crippen molar-refractivity contribution in [2.24, 2.45) is 0 Å². The van der Waals surface area contributed by atoms with Gasteiger partial charge in [0, 0.05) is 17.1 Å². The fourth-order valence-corrected chi connectivity index (χ4v) is 2.66. The van der Waals surface area contributed by atoms with Gasteiger partial charge in [-0.2, -0.15) is 0 Å². The molecule has 0 unspecified atom stereocenters. The molecule has 0 spiro atoms. The second-order valence-corrected chi connectivity index (χ2v) is 5.63. The SMILES string of the molecule is Fc1ccc(Br)cc1OCCNC1CCCCC1. The molecule has 0 atom stereocenters. The third kappa shape index (κ3) is 4.25. The lowest BCUT2D eigenvalue weighted by atomic mass is 9.96. The van der Waals surface area contributed by atoms with Gasteiger partial charge in [-0.15, -0.1) is 0 Å². The number of hydrogen-bond donors (Lipinski definition) is 1. The van der Waals surface area contributed by atoms with Crippen LogP contribution in [0.15, 0.2) is 22.7 Å². The molecule has 0 saturated heterocycles. The van der Waals surface area contributed by atoms with E-state index in [4.69, 9.17) is 4.74 Å². The first-order chi connectivity index (χ1) is 8.75. The van der Waals surface area contributed by atoms with Crippen molar-refractivity contribution in [3.8, 4) is 5.75 Å². The van der Waals surface area contributed by atoms with Gasteiger partial charge < -0.3 is 10.1 Å². The van der Waals surface area contributed by atoms with Gasteiger partial charge in [0.2, 0.25) is 0 Å². The second-order valence-electron chi connectivity index (χ2n) is 4.71. The fourth-order valence-electron chi connectivity index (χ4n) is 2.32. The van der Waals surface area contributed by atoms with E-state index in [0.29, 0.717) is 18.4 Å². The molecule has 0 amide bonds. The normalized spacial score (nSPS) is 16.8. The molecule has 100 valence electrons. The van der Waals surface area contributed by atoms with E-state index in [1.807, 2.05) is 0 Å². The van der Waals surface area contributed by atoms with Gasteiger partial charge in [-0.05, 0) is 31.0 Å². The van der Waals surface area contributed by atoms with Gasteiger partial charge in [0.05, 0.1) is 0 Å². The van der Waals surface area contributed by atoms with Gasteiger partial charge in [0.25, 0.3) is 0 Å². The number of benzene rings is 1. The summed E-state index contributed by atoms with van der Waals surface area (Å²) in [6.45, 7) is 1.28. The molecule has 1 aliphatic carbocycles. The molecule has 1 fully saturated rings. The molecule has 0 aromatic heterocycles. The van der Waals surface area contributed by atoms with E-state index >= 15 is 0 Å². The van der Waals surface area contributed by atoms with E-state index in [2.05, 4.69) is 21.2 Å². The van der Waals surface area contributed by atoms with Crippen LogP contribution in [-0.4, -0.2) is 19.2 Å². The minimum atomic E-state index is -0.309. The smallest absolute Gasteiger partial charge is 0.165 e. The van der Waals surface area contributed by atoms with Crippen LogP contribution < -0.4 is 10.1 Å². The van der Waals surface area contributed by atoms with Gasteiger partial charge in [-0.25, -0.2) is 4.39 Å². The van der Waals surface area contributed by atoms with Gasteiger partial charge in [0.15, 0.2) is 11.6 Å². The van der Waals surface area contributed by atoms with Crippen LogP contribution in [0.3, 0.4) is 0 Å². The maximum Gasteiger partial charge on any atom is 0.165 e. The molecule has 18 heavy (non-hydrogen) atoms. The Hall–Kier alpha value is -0.610. The Morgan fingerprint density at radius 2 is 2.06 bits per heavy atom. The quantitative estimate of drug-likeness (QED) is 0.832. The van der Waals surface area contributed by atoms with Crippen LogP contribution in [0.4, 0.5) is 4.39 Å².